The number of fused-ring (bicyclic) bond motifs is 1. The third kappa shape index (κ3) is 3.02. The molecule has 21 heavy (non-hydrogen) atoms. The fourth-order valence-corrected chi connectivity index (χ4v) is 2.41. The van der Waals surface area contributed by atoms with E-state index in [1.165, 1.54) is 36.8 Å². The van der Waals surface area contributed by atoms with Crippen molar-refractivity contribution in [3.05, 3.63) is 37.6 Å². The number of nitrogens with zero attached hydrogens (tertiary/aromatic N) is 5. The summed E-state index contributed by atoms with van der Waals surface area (Å²) in [5.41, 5.74) is 0.00579. The molecule has 2 heterocycles. The fourth-order valence-electron chi connectivity index (χ4n) is 1.90. The van der Waals surface area contributed by atoms with Gasteiger partial charge in [-0.3, -0.25) is 13.9 Å². The number of hydrogen-bond donors (Lipinski definition) is 0. The van der Waals surface area contributed by atoms with Gasteiger partial charge in [-0.15, -0.1) is 0 Å². The summed E-state index contributed by atoms with van der Waals surface area (Å²) in [7, 11) is 2.94. The Balaban J connectivity index is 2.41. The maximum atomic E-state index is 12.1. The second kappa shape index (κ2) is 6.17. The van der Waals surface area contributed by atoms with E-state index in [1.807, 2.05) is 6.92 Å². The molecule has 2 aromatic heterocycles. The van der Waals surface area contributed by atoms with Gasteiger partial charge in [0.25, 0.3) is 5.56 Å². The van der Waals surface area contributed by atoms with Crippen LogP contribution in [0.3, 0.4) is 0 Å². The Hall–Kier alpha value is -2.03. The molecule has 0 fully saturated rings. The van der Waals surface area contributed by atoms with Gasteiger partial charge in [-0.25, -0.2) is 14.8 Å². The first-order valence-electron chi connectivity index (χ1n) is 6.45. The maximum Gasteiger partial charge on any atom is 0.332 e. The van der Waals surface area contributed by atoms with Crippen LogP contribution >= 0.6 is 11.9 Å². The van der Waals surface area contributed by atoms with Crippen LogP contribution in [0.1, 0.15) is 12.6 Å². The van der Waals surface area contributed by atoms with Crippen LogP contribution in [0.4, 0.5) is 0 Å². The Kier molecular flexibility index (Phi) is 4.51. The van der Waals surface area contributed by atoms with E-state index in [1.54, 1.807) is 0 Å². The van der Waals surface area contributed by atoms with Crippen LogP contribution in [0.15, 0.2) is 15.8 Å². The maximum absolute atomic E-state index is 12.1. The topological polar surface area (TPSA) is 89.9 Å². The predicted octanol–water partition coefficient (Wildman–Crippen LogP) is 0.0167. The Labute approximate surface area is 124 Å². The smallest absolute Gasteiger partial charge is 0.279 e. The van der Waals surface area contributed by atoms with Gasteiger partial charge < -0.3 is 0 Å². The average molecular weight is 310 g/mol. The number of hydrogen-bond acceptors (Lipinski definition) is 6. The first-order chi connectivity index (χ1) is 9.95. The third-order valence-electron chi connectivity index (χ3n) is 3.03. The van der Waals surface area contributed by atoms with Crippen molar-refractivity contribution in [2.45, 2.75) is 13.3 Å². The molecule has 8 nitrogen and oxygen atoms in total. The van der Waals surface area contributed by atoms with Crippen LogP contribution in [-0.4, -0.2) is 35.6 Å². The number of aromatic nitrogens is 4. The van der Waals surface area contributed by atoms with E-state index in [0.29, 0.717) is 17.9 Å². The molecule has 0 radical (unpaired) electrons. The van der Waals surface area contributed by atoms with Crippen molar-refractivity contribution in [3.63, 3.8) is 0 Å². The highest BCUT2D eigenvalue weighted by atomic mass is 32.2. The molecule has 0 N–H and O–H groups in total. The zero-order valence-electron chi connectivity index (χ0n) is 12.1. The van der Waals surface area contributed by atoms with Gasteiger partial charge in [0, 0.05) is 19.0 Å². The SMILES string of the molecule is CCS[N+](=O)CCc1cnc2c(n1)c(=O)n(C)c(=O)n2C. The van der Waals surface area contributed by atoms with E-state index in [-0.39, 0.29) is 17.7 Å². The largest absolute Gasteiger partial charge is 0.332 e. The Morgan fingerprint density at radius 2 is 2.00 bits per heavy atom. The van der Waals surface area contributed by atoms with Gasteiger partial charge in [-0.2, -0.15) is 0 Å². The zero-order valence-corrected chi connectivity index (χ0v) is 12.9. The molecule has 0 atom stereocenters. The zero-order chi connectivity index (χ0) is 15.6. The lowest BCUT2D eigenvalue weighted by Crippen LogP contribution is -2.37. The van der Waals surface area contributed by atoms with Gasteiger partial charge in [-0.1, -0.05) is 6.92 Å². The molecular formula is C12H16N5O3S+. The number of nitroso groups, excluding NO2 is 1. The van der Waals surface area contributed by atoms with Crippen LogP contribution < -0.4 is 11.2 Å². The normalized spacial score (nSPS) is 11.0. The van der Waals surface area contributed by atoms with E-state index >= 15 is 0 Å². The fraction of sp³-hybridized carbons (Fsp3) is 0.500. The lowest BCUT2D eigenvalue weighted by atomic mass is 10.3. The first kappa shape index (κ1) is 15.4. The molecule has 9 heteroatoms. The van der Waals surface area contributed by atoms with Crippen molar-refractivity contribution in [1.82, 2.24) is 19.1 Å². The highest BCUT2D eigenvalue weighted by Crippen LogP contribution is 2.05. The van der Waals surface area contributed by atoms with Gasteiger partial charge in [0.2, 0.25) is 18.5 Å². The van der Waals surface area contributed by atoms with E-state index in [4.69, 9.17) is 0 Å². The molecule has 0 aliphatic carbocycles. The minimum atomic E-state index is -0.482. The molecule has 2 rings (SSSR count). The second-order valence-electron chi connectivity index (χ2n) is 4.46. The Bertz CT molecular complexity index is 811. The minimum Gasteiger partial charge on any atom is -0.279 e. The van der Waals surface area contributed by atoms with Crippen LogP contribution in [0.25, 0.3) is 11.2 Å². The average Bonchev–Trinajstić information content (AvgIpc) is 2.49. The standard InChI is InChI=1S/C12H16N5O3S/c1-4-21-17(20)6-5-8-7-13-10-9(14-8)11(18)16(3)12(19)15(10)2/h7H,4-6H2,1-3H3/q+1. The van der Waals surface area contributed by atoms with Gasteiger partial charge >= 0.3 is 5.69 Å². The molecule has 0 unspecified atom stereocenters. The van der Waals surface area contributed by atoms with Gasteiger partial charge in [0.15, 0.2) is 11.2 Å². The van der Waals surface area contributed by atoms with Crippen LogP contribution in [0, 0.1) is 4.91 Å². The van der Waals surface area contributed by atoms with Crippen molar-refractivity contribution in [2.75, 3.05) is 12.3 Å². The summed E-state index contributed by atoms with van der Waals surface area (Å²) in [6, 6.07) is 0. The molecule has 0 amide bonds. The molecule has 0 aliphatic rings. The van der Waals surface area contributed by atoms with Gasteiger partial charge in [-0.05, 0) is 0 Å². The lowest BCUT2D eigenvalue weighted by molar-refractivity contribution is -0.370. The first-order valence-corrected chi connectivity index (χ1v) is 7.39. The van der Waals surface area contributed by atoms with Crippen molar-refractivity contribution >= 4 is 23.1 Å². The Morgan fingerprint density at radius 3 is 2.67 bits per heavy atom. The summed E-state index contributed by atoms with van der Waals surface area (Å²) in [5.74, 6) is 0.704. The monoisotopic (exact) mass is 310 g/mol. The van der Waals surface area contributed by atoms with Crippen molar-refractivity contribution in [2.24, 2.45) is 14.1 Å². The quantitative estimate of drug-likeness (QED) is 0.571. The number of aryl methyl sites for hydroxylation is 1. The van der Waals surface area contributed by atoms with Gasteiger partial charge in [0.1, 0.15) is 0 Å². The summed E-state index contributed by atoms with van der Waals surface area (Å²) in [6.45, 7) is 2.17. The van der Waals surface area contributed by atoms with E-state index in [0.717, 1.165) is 8.73 Å². The van der Waals surface area contributed by atoms with E-state index < -0.39 is 11.2 Å². The van der Waals surface area contributed by atoms with Crippen molar-refractivity contribution in [1.29, 1.82) is 0 Å². The molecule has 0 aliphatic heterocycles. The van der Waals surface area contributed by atoms with Crippen LogP contribution in [-0.2, 0) is 20.5 Å². The summed E-state index contributed by atoms with van der Waals surface area (Å²) in [5, 5.41) is 0. The predicted molar refractivity (Wildman–Crippen MR) is 80.4 cm³/mol. The van der Waals surface area contributed by atoms with Gasteiger partial charge in [0.05, 0.1) is 28.2 Å². The molecule has 0 saturated heterocycles. The van der Waals surface area contributed by atoms with E-state index in [2.05, 4.69) is 9.97 Å². The van der Waals surface area contributed by atoms with Crippen LogP contribution in [0.2, 0.25) is 0 Å². The molecule has 112 valence electrons. The van der Waals surface area contributed by atoms with Crippen molar-refractivity contribution in [3.8, 4) is 0 Å². The molecule has 0 aromatic carbocycles. The molecule has 0 spiro atoms. The summed E-state index contributed by atoms with van der Waals surface area (Å²) in [6.07, 6.45) is 1.89. The van der Waals surface area contributed by atoms with Crippen LogP contribution in [0.5, 0.6) is 0 Å². The van der Waals surface area contributed by atoms with Crippen molar-refractivity contribution < 1.29 is 4.17 Å². The minimum absolute atomic E-state index is 0.137. The highest BCUT2D eigenvalue weighted by molar-refractivity contribution is 7.93. The molecule has 0 bridgehead atoms. The third-order valence-corrected chi connectivity index (χ3v) is 3.75. The summed E-state index contributed by atoms with van der Waals surface area (Å²) < 4.78 is 3.15. The highest BCUT2D eigenvalue weighted by Gasteiger charge is 2.14. The number of rotatable bonds is 5. The molecular weight excluding hydrogens is 294 g/mol. The summed E-state index contributed by atoms with van der Waals surface area (Å²) >= 11 is 1.18. The van der Waals surface area contributed by atoms with E-state index in [9.17, 15) is 14.5 Å². The molecule has 2 aromatic rings. The second-order valence-corrected chi connectivity index (χ2v) is 5.71. The molecule has 0 saturated carbocycles. The summed E-state index contributed by atoms with van der Waals surface area (Å²) in [4.78, 5) is 43.6. The lowest BCUT2D eigenvalue weighted by Gasteiger charge is -2.06. The Morgan fingerprint density at radius 1 is 1.29 bits per heavy atom.